The molecule has 0 unspecified atom stereocenters. The first-order chi connectivity index (χ1) is 21.6. The van der Waals surface area contributed by atoms with Crippen LogP contribution in [0, 0.1) is 6.92 Å². The molecule has 0 saturated heterocycles. The summed E-state index contributed by atoms with van der Waals surface area (Å²) in [5, 5.41) is 3.26. The summed E-state index contributed by atoms with van der Waals surface area (Å²) in [6, 6.07) is 28.5. The summed E-state index contributed by atoms with van der Waals surface area (Å²) in [6.45, 7) is 3.88. The Labute approximate surface area is 270 Å². The highest BCUT2D eigenvalue weighted by molar-refractivity contribution is 7.92. The number of anilines is 1. The first kappa shape index (κ1) is 33.6. The molecule has 236 valence electrons. The van der Waals surface area contributed by atoms with Gasteiger partial charge in [0, 0.05) is 24.5 Å². The number of ether oxygens (including phenoxy) is 1. The quantitative estimate of drug-likeness (QED) is 0.181. The molecular weight excluding hydrogens is 610 g/mol. The summed E-state index contributed by atoms with van der Waals surface area (Å²) in [5.74, 6) is -0.360. The Bertz CT molecular complexity index is 1700. The van der Waals surface area contributed by atoms with Crippen LogP contribution in [0.3, 0.4) is 0 Å². The van der Waals surface area contributed by atoms with Crippen molar-refractivity contribution < 1.29 is 22.7 Å². The number of sulfonamides is 1. The predicted molar refractivity (Wildman–Crippen MR) is 178 cm³/mol. The number of halogens is 1. The van der Waals surface area contributed by atoms with Crippen molar-refractivity contribution in [2.45, 2.75) is 44.2 Å². The average Bonchev–Trinajstić information content (AvgIpc) is 3.04. The molecule has 0 aliphatic heterocycles. The molecule has 0 bridgehead atoms. The van der Waals surface area contributed by atoms with Crippen molar-refractivity contribution in [2.75, 3.05) is 24.5 Å². The van der Waals surface area contributed by atoms with E-state index in [1.54, 1.807) is 30.3 Å². The van der Waals surface area contributed by atoms with Crippen LogP contribution in [0.1, 0.15) is 30.0 Å². The van der Waals surface area contributed by atoms with E-state index in [1.807, 2.05) is 68.4 Å². The molecule has 0 aliphatic rings. The molecule has 10 heteroatoms. The number of aryl methyl sites for hydroxylation is 1. The van der Waals surface area contributed by atoms with Crippen molar-refractivity contribution in [3.8, 4) is 5.75 Å². The minimum atomic E-state index is -4.25. The molecular formula is C35H38ClN3O5S. The topological polar surface area (TPSA) is 96.0 Å². The zero-order chi connectivity index (χ0) is 32.4. The molecule has 2 amide bonds. The highest BCUT2D eigenvalue weighted by Gasteiger charge is 2.34. The second kappa shape index (κ2) is 15.6. The van der Waals surface area contributed by atoms with Crippen LogP contribution in [-0.2, 0) is 32.6 Å². The molecule has 4 aromatic carbocycles. The number of nitrogens with zero attached hydrogens (tertiary/aromatic N) is 2. The van der Waals surface area contributed by atoms with Gasteiger partial charge in [-0.05, 0) is 66.9 Å². The lowest BCUT2D eigenvalue weighted by Gasteiger charge is -2.34. The Morgan fingerprint density at radius 1 is 0.889 bits per heavy atom. The summed E-state index contributed by atoms with van der Waals surface area (Å²) < 4.78 is 34.5. The van der Waals surface area contributed by atoms with Crippen molar-refractivity contribution in [1.82, 2.24) is 10.2 Å². The largest absolute Gasteiger partial charge is 0.497 e. The van der Waals surface area contributed by atoms with Gasteiger partial charge >= 0.3 is 0 Å². The first-order valence-electron chi connectivity index (χ1n) is 14.7. The zero-order valence-electron chi connectivity index (χ0n) is 25.6. The summed E-state index contributed by atoms with van der Waals surface area (Å²) in [6.07, 6.45) is 0.967. The number of carbonyl (C=O) groups excluding carboxylic acids is 2. The summed E-state index contributed by atoms with van der Waals surface area (Å²) >= 11 is 6.29. The Morgan fingerprint density at radius 2 is 1.58 bits per heavy atom. The van der Waals surface area contributed by atoms with Crippen LogP contribution in [0.15, 0.2) is 108 Å². The summed E-state index contributed by atoms with van der Waals surface area (Å²) in [7, 11) is -2.76. The van der Waals surface area contributed by atoms with Crippen LogP contribution in [0.5, 0.6) is 5.75 Å². The number of amides is 2. The molecule has 8 nitrogen and oxygen atoms in total. The third kappa shape index (κ3) is 8.86. The van der Waals surface area contributed by atoms with E-state index in [2.05, 4.69) is 5.32 Å². The van der Waals surface area contributed by atoms with Crippen LogP contribution in [-0.4, -0.2) is 51.4 Å². The number of rotatable bonds is 14. The average molecular weight is 648 g/mol. The van der Waals surface area contributed by atoms with Gasteiger partial charge in [-0.2, -0.15) is 0 Å². The molecule has 0 aliphatic carbocycles. The fourth-order valence-electron chi connectivity index (χ4n) is 4.96. The summed E-state index contributed by atoms with van der Waals surface area (Å²) in [4.78, 5) is 29.7. The highest BCUT2D eigenvalue weighted by Crippen LogP contribution is 2.28. The molecule has 0 spiro atoms. The van der Waals surface area contributed by atoms with E-state index in [9.17, 15) is 18.0 Å². The van der Waals surface area contributed by atoms with Gasteiger partial charge in [0.05, 0.1) is 17.7 Å². The highest BCUT2D eigenvalue weighted by atomic mass is 35.5. The van der Waals surface area contributed by atoms with E-state index in [-0.39, 0.29) is 29.5 Å². The minimum absolute atomic E-state index is 0.0252. The van der Waals surface area contributed by atoms with E-state index in [0.29, 0.717) is 17.3 Å². The number of methoxy groups -OCH3 is 1. The first-order valence-corrected chi connectivity index (χ1v) is 16.5. The third-order valence-electron chi connectivity index (χ3n) is 7.28. The Hall–Kier alpha value is -4.34. The van der Waals surface area contributed by atoms with E-state index in [0.717, 1.165) is 27.4 Å². The van der Waals surface area contributed by atoms with Gasteiger partial charge in [0.15, 0.2) is 0 Å². The fraction of sp³-hybridized carbons (Fsp3) is 0.257. The molecule has 4 aromatic rings. The molecule has 0 fully saturated rings. The number of carbonyl (C=O) groups is 2. The van der Waals surface area contributed by atoms with Crippen molar-refractivity contribution >= 4 is 39.1 Å². The maximum absolute atomic E-state index is 14.5. The monoisotopic (exact) mass is 647 g/mol. The molecule has 1 N–H and O–H groups in total. The van der Waals surface area contributed by atoms with Gasteiger partial charge in [0.25, 0.3) is 10.0 Å². The third-order valence-corrected chi connectivity index (χ3v) is 9.30. The van der Waals surface area contributed by atoms with Gasteiger partial charge in [-0.25, -0.2) is 8.42 Å². The molecule has 4 rings (SSSR count). The maximum Gasteiger partial charge on any atom is 0.264 e. The lowest BCUT2D eigenvalue weighted by molar-refractivity contribution is -0.140. The van der Waals surface area contributed by atoms with E-state index < -0.39 is 28.5 Å². The molecule has 45 heavy (non-hydrogen) atoms. The van der Waals surface area contributed by atoms with Crippen LogP contribution in [0.25, 0.3) is 0 Å². The number of benzene rings is 4. The van der Waals surface area contributed by atoms with Gasteiger partial charge in [0.1, 0.15) is 18.3 Å². The van der Waals surface area contributed by atoms with Gasteiger partial charge < -0.3 is 15.0 Å². The van der Waals surface area contributed by atoms with Crippen LogP contribution < -0.4 is 14.4 Å². The lowest BCUT2D eigenvalue weighted by Crippen LogP contribution is -2.53. The number of hydrogen-bond acceptors (Lipinski definition) is 5. The molecule has 0 radical (unpaired) electrons. The SMILES string of the molecule is CCCNC(=O)[C@@H](Cc1ccccc1)N(Cc1cccc(C)c1)C(=O)CN(c1cccc(Cl)c1)S(=O)(=O)c1ccc(OC)cc1. The van der Waals surface area contributed by atoms with Crippen molar-refractivity contribution in [3.63, 3.8) is 0 Å². The van der Waals surface area contributed by atoms with Crippen molar-refractivity contribution in [1.29, 1.82) is 0 Å². The Morgan fingerprint density at radius 3 is 2.22 bits per heavy atom. The number of hydrogen-bond donors (Lipinski definition) is 1. The molecule has 0 heterocycles. The predicted octanol–water partition coefficient (Wildman–Crippen LogP) is 6.02. The molecule has 1 atom stereocenters. The Kier molecular flexibility index (Phi) is 11.6. The van der Waals surface area contributed by atoms with Crippen LogP contribution in [0.4, 0.5) is 5.69 Å². The zero-order valence-corrected chi connectivity index (χ0v) is 27.2. The number of nitrogens with one attached hydrogen (secondary N) is 1. The van der Waals surface area contributed by atoms with E-state index in [1.165, 1.54) is 30.2 Å². The smallest absolute Gasteiger partial charge is 0.264 e. The van der Waals surface area contributed by atoms with Crippen molar-refractivity contribution in [3.05, 3.63) is 125 Å². The lowest BCUT2D eigenvalue weighted by atomic mass is 10.0. The summed E-state index contributed by atoms with van der Waals surface area (Å²) in [5.41, 5.74) is 2.90. The molecule has 0 aromatic heterocycles. The fourth-order valence-corrected chi connectivity index (χ4v) is 6.55. The second-order valence-electron chi connectivity index (χ2n) is 10.7. The van der Waals surface area contributed by atoms with Gasteiger partial charge in [0.2, 0.25) is 11.8 Å². The van der Waals surface area contributed by atoms with Crippen molar-refractivity contribution in [2.24, 2.45) is 0 Å². The van der Waals surface area contributed by atoms with E-state index in [4.69, 9.17) is 16.3 Å². The second-order valence-corrected chi connectivity index (χ2v) is 13.0. The van der Waals surface area contributed by atoms with Gasteiger partial charge in [-0.3, -0.25) is 13.9 Å². The van der Waals surface area contributed by atoms with Gasteiger partial charge in [-0.15, -0.1) is 0 Å². The standard InChI is InChI=1S/C35H38ClN3O5S/c1-4-20-37-35(41)33(22-27-11-6-5-7-12-27)38(24-28-13-8-10-26(2)21-28)34(40)25-39(30-15-9-14-29(36)23-30)45(42,43)32-18-16-31(44-3)17-19-32/h5-19,21,23,33H,4,20,22,24-25H2,1-3H3,(H,37,41)/t33-/m1/s1. The Balaban J connectivity index is 1.80. The molecule has 0 saturated carbocycles. The van der Waals surface area contributed by atoms with Crippen LogP contribution in [0.2, 0.25) is 5.02 Å². The van der Waals surface area contributed by atoms with E-state index >= 15 is 0 Å². The normalized spacial score (nSPS) is 11.8. The van der Waals surface area contributed by atoms with Gasteiger partial charge in [-0.1, -0.05) is 84.8 Å². The minimum Gasteiger partial charge on any atom is -0.497 e. The maximum atomic E-state index is 14.5. The van der Waals surface area contributed by atoms with Crippen LogP contribution >= 0.6 is 11.6 Å².